The highest BCUT2D eigenvalue weighted by Gasteiger charge is 2.32. The van der Waals surface area contributed by atoms with Crippen LogP contribution in [0.15, 0.2) is 18.2 Å². The van der Waals surface area contributed by atoms with Crippen LogP contribution in [0.4, 0.5) is 0 Å². The van der Waals surface area contributed by atoms with Gasteiger partial charge in [-0.2, -0.15) is 0 Å². The molecule has 0 amide bonds. The summed E-state index contributed by atoms with van der Waals surface area (Å²) in [6.07, 6.45) is 1.33. The van der Waals surface area contributed by atoms with E-state index in [1.807, 2.05) is 13.8 Å². The first-order chi connectivity index (χ1) is 7.42. The van der Waals surface area contributed by atoms with Crippen molar-refractivity contribution in [3.05, 3.63) is 34.9 Å². The minimum Gasteiger partial charge on any atom is -0.478 e. The maximum absolute atomic E-state index is 11.7. The van der Waals surface area contributed by atoms with E-state index in [1.165, 1.54) is 6.07 Å². The summed E-state index contributed by atoms with van der Waals surface area (Å²) in [5.74, 6) is -0.831. The topological polar surface area (TPSA) is 54.4 Å². The number of aromatic carboxylic acids is 1. The summed E-state index contributed by atoms with van der Waals surface area (Å²) in [7, 11) is 0. The molecule has 0 atom stereocenters. The minimum absolute atomic E-state index is 0.116. The standard InChI is InChI=1S/C13H14O3/c1-13(2)6-5-11(14)9-4-3-8(12(15)16)7-10(9)13/h3-4,7H,5-6H2,1-2H3,(H,15,16). The summed E-state index contributed by atoms with van der Waals surface area (Å²) in [5, 5.41) is 8.94. The summed E-state index contributed by atoms with van der Waals surface area (Å²) >= 11 is 0. The van der Waals surface area contributed by atoms with E-state index in [1.54, 1.807) is 12.1 Å². The summed E-state index contributed by atoms with van der Waals surface area (Å²) in [4.78, 5) is 22.6. The molecule has 0 heterocycles. The van der Waals surface area contributed by atoms with Crippen molar-refractivity contribution >= 4 is 11.8 Å². The molecule has 0 fully saturated rings. The fraction of sp³-hybridized carbons (Fsp3) is 0.385. The van der Waals surface area contributed by atoms with Gasteiger partial charge in [-0.15, -0.1) is 0 Å². The van der Waals surface area contributed by atoms with Crippen LogP contribution in [0.3, 0.4) is 0 Å². The number of hydrogen-bond acceptors (Lipinski definition) is 2. The second-order valence-electron chi connectivity index (χ2n) is 4.87. The third-order valence-corrected chi connectivity index (χ3v) is 3.27. The molecule has 3 heteroatoms. The Hall–Kier alpha value is -1.64. The van der Waals surface area contributed by atoms with E-state index in [9.17, 15) is 9.59 Å². The van der Waals surface area contributed by atoms with Gasteiger partial charge in [0.05, 0.1) is 5.56 Å². The molecule has 0 aliphatic heterocycles. The molecule has 0 aromatic heterocycles. The molecule has 0 bridgehead atoms. The van der Waals surface area contributed by atoms with Gasteiger partial charge in [-0.05, 0) is 29.5 Å². The number of carbonyl (C=O) groups is 2. The number of fused-ring (bicyclic) bond motifs is 1. The van der Waals surface area contributed by atoms with Crippen LogP contribution in [0.2, 0.25) is 0 Å². The lowest BCUT2D eigenvalue weighted by Crippen LogP contribution is -2.27. The molecular formula is C13H14O3. The average molecular weight is 218 g/mol. The van der Waals surface area contributed by atoms with Gasteiger partial charge < -0.3 is 5.11 Å². The number of hydrogen-bond donors (Lipinski definition) is 1. The lowest BCUT2D eigenvalue weighted by molar-refractivity contribution is 0.0695. The van der Waals surface area contributed by atoms with Crippen molar-refractivity contribution in [2.45, 2.75) is 32.1 Å². The first-order valence-electron chi connectivity index (χ1n) is 5.33. The fourth-order valence-corrected chi connectivity index (χ4v) is 2.18. The molecule has 1 aromatic rings. The van der Waals surface area contributed by atoms with Gasteiger partial charge in [0.15, 0.2) is 5.78 Å². The van der Waals surface area contributed by atoms with E-state index in [0.717, 1.165) is 12.0 Å². The molecule has 84 valence electrons. The second-order valence-corrected chi connectivity index (χ2v) is 4.87. The van der Waals surface area contributed by atoms with Crippen LogP contribution < -0.4 is 0 Å². The van der Waals surface area contributed by atoms with Gasteiger partial charge in [0, 0.05) is 12.0 Å². The highest BCUT2D eigenvalue weighted by atomic mass is 16.4. The molecule has 1 aromatic carbocycles. The molecule has 1 aliphatic rings. The Morgan fingerprint density at radius 2 is 2.06 bits per heavy atom. The van der Waals surface area contributed by atoms with Gasteiger partial charge in [0.25, 0.3) is 0 Å². The van der Waals surface area contributed by atoms with Crippen molar-refractivity contribution in [1.82, 2.24) is 0 Å². The number of carbonyl (C=O) groups excluding carboxylic acids is 1. The van der Waals surface area contributed by atoms with Crippen LogP contribution >= 0.6 is 0 Å². The van der Waals surface area contributed by atoms with Crippen molar-refractivity contribution in [3.8, 4) is 0 Å². The Bertz CT molecular complexity index is 472. The van der Waals surface area contributed by atoms with Crippen LogP contribution in [-0.4, -0.2) is 16.9 Å². The van der Waals surface area contributed by atoms with E-state index in [-0.39, 0.29) is 16.8 Å². The van der Waals surface area contributed by atoms with Crippen LogP contribution in [0.5, 0.6) is 0 Å². The van der Waals surface area contributed by atoms with Gasteiger partial charge >= 0.3 is 5.97 Å². The lowest BCUT2D eigenvalue weighted by Gasteiger charge is -2.31. The first kappa shape index (κ1) is 10.9. The third kappa shape index (κ3) is 1.62. The first-order valence-corrected chi connectivity index (χ1v) is 5.33. The quantitative estimate of drug-likeness (QED) is 0.788. The molecule has 1 N–H and O–H groups in total. The van der Waals surface area contributed by atoms with Crippen LogP contribution in [0.25, 0.3) is 0 Å². The number of Topliss-reactive ketones (excluding diaryl/α,β-unsaturated/α-hetero) is 1. The predicted octanol–water partition coefficient (Wildman–Crippen LogP) is 2.64. The zero-order valence-corrected chi connectivity index (χ0v) is 9.41. The number of carboxylic acid groups (broad SMARTS) is 1. The number of ketones is 1. The van der Waals surface area contributed by atoms with Gasteiger partial charge in [0.1, 0.15) is 0 Å². The smallest absolute Gasteiger partial charge is 0.335 e. The monoisotopic (exact) mass is 218 g/mol. The Balaban J connectivity index is 2.62. The highest BCUT2D eigenvalue weighted by molar-refractivity contribution is 6.00. The number of benzene rings is 1. The average Bonchev–Trinajstić information content (AvgIpc) is 2.23. The maximum Gasteiger partial charge on any atom is 0.335 e. The molecule has 1 aliphatic carbocycles. The van der Waals surface area contributed by atoms with Crippen LogP contribution in [0, 0.1) is 0 Å². The molecule has 3 nitrogen and oxygen atoms in total. The molecule has 16 heavy (non-hydrogen) atoms. The lowest BCUT2D eigenvalue weighted by atomic mass is 9.72. The molecular weight excluding hydrogens is 204 g/mol. The van der Waals surface area contributed by atoms with E-state index in [0.29, 0.717) is 12.0 Å². The van der Waals surface area contributed by atoms with Crippen molar-refractivity contribution in [1.29, 1.82) is 0 Å². The van der Waals surface area contributed by atoms with E-state index < -0.39 is 5.97 Å². The fourth-order valence-electron chi connectivity index (χ4n) is 2.18. The van der Waals surface area contributed by atoms with Crippen molar-refractivity contribution in [2.24, 2.45) is 0 Å². The van der Waals surface area contributed by atoms with Crippen molar-refractivity contribution in [2.75, 3.05) is 0 Å². The summed E-state index contributed by atoms with van der Waals surface area (Å²) < 4.78 is 0. The zero-order chi connectivity index (χ0) is 11.9. The molecule has 0 saturated heterocycles. The normalized spacial score (nSPS) is 18.0. The Kier molecular flexibility index (Phi) is 2.34. The van der Waals surface area contributed by atoms with Crippen molar-refractivity contribution < 1.29 is 14.7 Å². The molecule has 0 radical (unpaired) electrons. The van der Waals surface area contributed by atoms with Gasteiger partial charge in [-0.3, -0.25) is 4.79 Å². The maximum atomic E-state index is 11.7. The van der Waals surface area contributed by atoms with Crippen LogP contribution in [0.1, 0.15) is 53.0 Å². The minimum atomic E-state index is -0.948. The molecule has 0 spiro atoms. The van der Waals surface area contributed by atoms with Crippen molar-refractivity contribution in [3.63, 3.8) is 0 Å². The molecule has 0 unspecified atom stereocenters. The Labute approximate surface area is 94.1 Å². The number of carboxylic acids is 1. The Morgan fingerprint density at radius 1 is 1.38 bits per heavy atom. The van der Waals surface area contributed by atoms with Crippen LogP contribution in [-0.2, 0) is 5.41 Å². The van der Waals surface area contributed by atoms with Gasteiger partial charge in [0.2, 0.25) is 0 Å². The molecule has 0 saturated carbocycles. The largest absolute Gasteiger partial charge is 0.478 e. The van der Waals surface area contributed by atoms with E-state index in [4.69, 9.17) is 5.11 Å². The predicted molar refractivity (Wildman–Crippen MR) is 60.0 cm³/mol. The SMILES string of the molecule is CC1(C)CCC(=O)c2ccc(C(=O)O)cc21. The van der Waals surface area contributed by atoms with E-state index >= 15 is 0 Å². The highest BCUT2D eigenvalue weighted by Crippen LogP contribution is 2.37. The summed E-state index contributed by atoms with van der Waals surface area (Å²) in [6, 6.07) is 4.78. The number of rotatable bonds is 1. The third-order valence-electron chi connectivity index (χ3n) is 3.27. The second kappa shape index (κ2) is 3.44. The zero-order valence-electron chi connectivity index (χ0n) is 9.41. The Morgan fingerprint density at radius 3 is 2.69 bits per heavy atom. The molecule has 2 rings (SSSR count). The summed E-state index contributed by atoms with van der Waals surface area (Å²) in [5.41, 5.74) is 1.68. The van der Waals surface area contributed by atoms with E-state index in [2.05, 4.69) is 0 Å². The van der Waals surface area contributed by atoms with Gasteiger partial charge in [-0.25, -0.2) is 4.79 Å². The van der Waals surface area contributed by atoms with Gasteiger partial charge in [-0.1, -0.05) is 19.9 Å². The summed E-state index contributed by atoms with van der Waals surface area (Å²) in [6.45, 7) is 4.09.